The van der Waals surface area contributed by atoms with E-state index in [2.05, 4.69) is 43.6 Å². The summed E-state index contributed by atoms with van der Waals surface area (Å²) in [5.41, 5.74) is 11.8. The summed E-state index contributed by atoms with van der Waals surface area (Å²) in [6, 6.07) is 8.13. The number of aromatic nitrogens is 6. The zero-order valence-corrected chi connectivity index (χ0v) is 19.1. The maximum Gasteiger partial charge on any atom is 0.181 e. The van der Waals surface area contributed by atoms with Crippen molar-refractivity contribution in [1.82, 2.24) is 40.6 Å². The second-order valence-corrected chi connectivity index (χ2v) is 8.08. The third-order valence-corrected chi connectivity index (χ3v) is 5.96. The van der Waals surface area contributed by atoms with Crippen molar-refractivity contribution in [1.29, 1.82) is 0 Å². The number of para-hydroxylation sites is 1. The summed E-state index contributed by atoms with van der Waals surface area (Å²) in [6.07, 6.45) is 5.64. The van der Waals surface area contributed by atoms with Crippen LogP contribution in [0.2, 0.25) is 0 Å². The number of rotatable bonds is 7. The van der Waals surface area contributed by atoms with Gasteiger partial charge < -0.3 is 9.72 Å². The van der Waals surface area contributed by atoms with Gasteiger partial charge in [0.15, 0.2) is 11.5 Å². The van der Waals surface area contributed by atoms with Gasteiger partial charge >= 0.3 is 0 Å². The van der Waals surface area contributed by atoms with Gasteiger partial charge in [-0.05, 0) is 37.2 Å². The normalized spacial score (nSPS) is 11.8. The van der Waals surface area contributed by atoms with Crippen LogP contribution in [0.25, 0.3) is 44.7 Å². The monoisotopic (exact) mass is 442 g/mol. The smallest absolute Gasteiger partial charge is 0.181 e. The van der Waals surface area contributed by atoms with Gasteiger partial charge in [-0.2, -0.15) is 5.10 Å². The Labute approximate surface area is 191 Å². The van der Waals surface area contributed by atoms with E-state index in [4.69, 9.17) is 9.72 Å². The molecule has 0 amide bonds. The average molecular weight is 443 g/mol. The number of nitrogens with one attached hydrogen (secondary N) is 3. The summed E-state index contributed by atoms with van der Waals surface area (Å²) in [5.74, 6) is 0.717. The predicted octanol–water partition coefficient (Wildman–Crippen LogP) is 3.58. The number of nitrogens with zero attached hydrogens (tertiary/aromatic N) is 5. The van der Waals surface area contributed by atoms with Crippen LogP contribution in [0.3, 0.4) is 0 Å². The molecule has 0 saturated carbocycles. The zero-order chi connectivity index (χ0) is 22.9. The van der Waals surface area contributed by atoms with Crippen LogP contribution in [-0.4, -0.2) is 56.3 Å². The molecular formula is C24H26N8O. The van der Waals surface area contributed by atoms with Crippen molar-refractivity contribution in [3.63, 3.8) is 0 Å². The van der Waals surface area contributed by atoms with Crippen LogP contribution in [-0.2, 0) is 17.9 Å². The Morgan fingerprint density at radius 1 is 1.15 bits per heavy atom. The molecule has 33 heavy (non-hydrogen) atoms. The van der Waals surface area contributed by atoms with Gasteiger partial charge in [-0.25, -0.2) is 15.0 Å². The number of aromatic amines is 2. The lowest BCUT2D eigenvalue weighted by molar-refractivity contribution is 0.186. The number of hydrazine groups is 1. The van der Waals surface area contributed by atoms with Crippen molar-refractivity contribution in [2.75, 3.05) is 21.2 Å². The number of hydrogen-bond donors (Lipinski definition) is 3. The fourth-order valence-electron chi connectivity index (χ4n) is 4.06. The molecule has 3 N–H and O–H groups in total. The van der Waals surface area contributed by atoms with Crippen LogP contribution in [0, 0.1) is 6.92 Å². The minimum absolute atomic E-state index is 0.502. The van der Waals surface area contributed by atoms with E-state index < -0.39 is 0 Å². The van der Waals surface area contributed by atoms with E-state index in [9.17, 15) is 0 Å². The van der Waals surface area contributed by atoms with Crippen molar-refractivity contribution >= 4 is 22.1 Å². The fourth-order valence-corrected chi connectivity index (χ4v) is 4.06. The molecular weight excluding hydrogens is 416 g/mol. The fraction of sp³-hybridized carbons (Fsp3) is 0.250. The Kier molecular flexibility index (Phi) is 5.59. The standard InChI is InChI=1S/C24H26N8O/c1-14-17(12-32(3)25-2)9-26-11-19(14)16-8-18-22(30-31-23(18)27-10-16)24-28-20-7-5-6-15(13-33-4)21(20)29-24/h5-11,25H,12-13H2,1-4H3,(H,28,29)(H,27,30,31). The van der Waals surface area contributed by atoms with Crippen LogP contribution < -0.4 is 5.43 Å². The van der Waals surface area contributed by atoms with E-state index in [0.29, 0.717) is 18.1 Å². The molecule has 0 aliphatic heterocycles. The van der Waals surface area contributed by atoms with Crippen molar-refractivity contribution in [2.45, 2.75) is 20.1 Å². The minimum atomic E-state index is 0.502. The van der Waals surface area contributed by atoms with Crippen LogP contribution in [0.5, 0.6) is 0 Å². The third kappa shape index (κ3) is 3.86. The number of hydrogen-bond acceptors (Lipinski definition) is 7. The van der Waals surface area contributed by atoms with Gasteiger partial charge in [-0.3, -0.25) is 15.5 Å². The summed E-state index contributed by atoms with van der Waals surface area (Å²) in [6.45, 7) is 3.37. The second-order valence-electron chi connectivity index (χ2n) is 8.08. The van der Waals surface area contributed by atoms with Gasteiger partial charge in [0.1, 0.15) is 5.69 Å². The lowest BCUT2D eigenvalue weighted by Gasteiger charge is -2.17. The first-order valence-corrected chi connectivity index (χ1v) is 10.7. The zero-order valence-electron chi connectivity index (χ0n) is 19.1. The molecule has 0 radical (unpaired) electrons. The molecule has 0 unspecified atom stereocenters. The van der Waals surface area contributed by atoms with Crippen molar-refractivity contribution in [3.8, 4) is 22.6 Å². The quantitative estimate of drug-likeness (QED) is 0.331. The molecule has 0 atom stereocenters. The highest BCUT2D eigenvalue weighted by Gasteiger charge is 2.16. The van der Waals surface area contributed by atoms with Gasteiger partial charge in [-0.1, -0.05) is 12.1 Å². The van der Waals surface area contributed by atoms with E-state index in [1.54, 1.807) is 7.11 Å². The Balaban J connectivity index is 1.59. The molecule has 168 valence electrons. The Hall–Kier alpha value is -3.66. The van der Waals surface area contributed by atoms with Crippen LogP contribution in [0.15, 0.2) is 42.9 Å². The Bertz CT molecular complexity index is 1440. The van der Waals surface area contributed by atoms with Gasteiger partial charge in [0.25, 0.3) is 0 Å². The predicted molar refractivity (Wildman–Crippen MR) is 128 cm³/mol. The largest absolute Gasteiger partial charge is 0.380 e. The third-order valence-electron chi connectivity index (χ3n) is 5.96. The first-order valence-electron chi connectivity index (χ1n) is 10.7. The molecule has 5 rings (SSSR count). The van der Waals surface area contributed by atoms with Crippen LogP contribution >= 0.6 is 0 Å². The first kappa shape index (κ1) is 21.2. The maximum absolute atomic E-state index is 5.33. The van der Waals surface area contributed by atoms with Crippen molar-refractivity contribution in [2.24, 2.45) is 0 Å². The van der Waals surface area contributed by atoms with E-state index in [-0.39, 0.29) is 0 Å². The minimum Gasteiger partial charge on any atom is -0.380 e. The first-order chi connectivity index (χ1) is 16.1. The molecule has 0 saturated heterocycles. The highest BCUT2D eigenvalue weighted by molar-refractivity contribution is 5.94. The molecule has 1 aromatic carbocycles. The summed E-state index contributed by atoms with van der Waals surface area (Å²) in [4.78, 5) is 17.3. The number of fused-ring (bicyclic) bond motifs is 2. The SMILES string of the molecule is CNN(C)Cc1cncc(-c2cnc3n[nH]c(-c4nc5c(COC)cccc5[nH]4)c3c2)c1C. The number of benzene rings is 1. The van der Waals surface area contributed by atoms with Gasteiger partial charge in [0, 0.05) is 56.0 Å². The Morgan fingerprint density at radius 3 is 2.85 bits per heavy atom. The van der Waals surface area contributed by atoms with Gasteiger partial charge in [0.05, 0.1) is 23.0 Å². The highest BCUT2D eigenvalue weighted by atomic mass is 16.5. The van der Waals surface area contributed by atoms with Gasteiger partial charge in [-0.15, -0.1) is 0 Å². The topological polar surface area (TPSA) is 108 Å². The molecule has 9 nitrogen and oxygen atoms in total. The summed E-state index contributed by atoms with van der Waals surface area (Å²) < 4.78 is 5.33. The lowest BCUT2D eigenvalue weighted by Crippen LogP contribution is -2.30. The summed E-state index contributed by atoms with van der Waals surface area (Å²) in [7, 11) is 5.59. The summed E-state index contributed by atoms with van der Waals surface area (Å²) in [5, 5.41) is 10.4. The Morgan fingerprint density at radius 2 is 2.03 bits per heavy atom. The molecule has 4 heterocycles. The maximum atomic E-state index is 5.33. The van der Waals surface area contributed by atoms with E-state index >= 15 is 0 Å². The lowest BCUT2D eigenvalue weighted by atomic mass is 9.99. The number of methoxy groups -OCH3 is 1. The molecule has 0 spiro atoms. The molecule has 0 fully saturated rings. The highest BCUT2D eigenvalue weighted by Crippen LogP contribution is 2.31. The molecule has 5 aromatic rings. The molecule has 9 heteroatoms. The number of H-pyrrole nitrogens is 2. The van der Waals surface area contributed by atoms with E-state index in [1.807, 2.05) is 55.9 Å². The number of ether oxygens (including phenoxy) is 1. The van der Waals surface area contributed by atoms with Crippen LogP contribution in [0.4, 0.5) is 0 Å². The van der Waals surface area contributed by atoms with Crippen LogP contribution in [0.1, 0.15) is 16.7 Å². The average Bonchev–Trinajstić information content (AvgIpc) is 3.44. The van der Waals surface area contributed by atoms with Crippen molar-refractivity contribution < 1.29 is 4.74 Å². The molecule has 0 aliphatic rings. The number of pyridine rings is 2. The van der Waals surface area contributed by atoms with Crippen molar-refractivity contribution in [3.05, 3.63) is 59.5 Å². The molecule has 0 aliphatic carbocycles. The number of imidazole rings is 1. The van der Waals surface area contributed by atoms with Gasteiger partial charge in [0.2, 0.25) is 0 Å². The second kappa shape index (κ2) is 8.70. The van der Waals surface area contributed by atoms with E-state index in [0.717, 1.165) is 50.9 Å². The molecule has 4 aromatic heterocycles. The molecule has 0 bridgehead atoms. The van der Waals surface area contributed by atoms with E-state index in [1.165, 1.54) is 5.56 Å². The summed E-state index contributed by atoms with van der Waals surface area (Å²) >= 11 is 0.